The van der Waals surface area contributed by atoms with Gasteiger partial charge < -0.3 is 4.57 Å². The standard InChI is InChI=1S/C21H18ClN3O2/c1-12(2)19-23-20-17(21(27)25(19)14-7-5-4-6-8-14)18(26)15-11-13(22)9-10-16(15)24(20)3/h4-12H,1-3H3. The van der Waals surface area contributed by atoms with Gasteiger partial charge in [0.05, 0.1) is 11.2 Å². The molecule has 0 fully saturated rings. The number of fused-ring (bicyclic) bond motifs is 2. The Kier molecular flexibility index (Phi) is 4.12. The number of halogens is 1. The molecule has 2 heterocycles. The van der Waals surface area contributed by atoms with Crippen LogP contribution >= 0.6 is 11.6 Å². The van der Waals surface area contributed by atoms with Crippen LogP contribution in [0.3, 0.4) is 0 Å². The molecule has 0 aliphatic carbocycles. The smallest absolute Gasteiger partial charge is 0.271 e. The number of benzene rings is 2. The lowest BCUT2D eigenvalue weighted by atomic mass is 10.1. The van der Waals surface area contributed by atoms with Gasteiger partial charge in [-0.05, 0) is 30.3 Å². The molecule has 0 amide bonds. The molecular weight excluding hydrogens is 362 g/mol. The predicted molar refractivity (Wildman–Crippen MR) is 109 cm³/mol. The van der Waals surface area contributed by atoms with Crippen LogP contribution in [0.25, 0.3) is 27.6 Å². The summed E-state index contributed by atoms with van der Waals surface area (Å²) in [7, 11) is 1.81. The molecule has 0 saturated heterocycles. The highest BCUT2D eigenvalue weighted by Crippen LogP contribution is 2.22. The van der Waals surface area contributed by atoms with Crippen molar-refractivity contribution < 1.29 is 0 Å². The monoisotopic (exact) mass is 379 g/mol. The normalized spacial score (nSPS) is 11.6. The van der Waals surface area contributed by atoms with Gasteiger partial charge >= 0.3 is 0 Å². The summed E-state index contributed by atoms with van der Waals surface area (Å²) in [5.74, 6) is 0.611. The molecule has 0 bridgehead atoms. The Hall–Kier alpha value is -2.92. The minimum Gasteiger partial charge on any atom is -0.328 e. The van der Waals surface area contributed by atoms with Gasteiger partial charge in [0, 0.05) is 23.4 Å². The van der Waals surface area contributed by atoms with E-state index in [-0.39, 0.29) is 22.3 Å². The molecule has 2 aromatic heterocycles. The fourth-order valence-electron chi connectivity index (χ4n) is 3.41. The minimum absolute atomic E-state index is 0.00155. The lowest BCUT2D eigenvalue weighted by Crippen LogP contribution is -2.30. The molecule has 0 N–H and O–H groups in total. The van der Waals surface area contributed by atoms with Gasteiger partial charge in [-0.3, -0.25) is 14.2 Å². The van der Waals surface area contributed by atoms with Gasteiger partial charge in [-0.2, -0.15) is 0 Å². The van der Waals surface area contributed by atoms with Crippen molar-refractivity contribution in [1.29, 1.82) is 0 Å². The highest BCUT2D eigenvalue weighted by Gasteiger charge is 2.20. The van der Waals surface area contributed by atoms with Gasteiger partial charge in [0.25, 0.3) is 5.56 Å². The molecular formula is C21H18ClN3O2. The average molecular weight is 380 g/mol. The van der Waals surface area contributed by atoms with Gasteiger partial charge in [0.2, 0.25) is 5.43 Å². The van der Waals surface area contributed by atoms with Crippen molar-refractivity contribution in [3.63, 3.8) is 0 Å². The Balaban J connectivity index is 2.27. The Bertz CT molecular complexity index is 1300. The lowest BCUT2D eigenvalue weighted by molar-refractivity contribution is 0.716. The second-order valence-electron chi connectivity index (χ2n) is 6.85. The van der Waals surface area contributed by atoms with Crippen LogP contribution < -0.4 is 11.0 Å². The maximum absolute atomic E-state index is 13.4. The zero-order chi connectivity index (χ0) is 19.3. The summed E-state index contributed by atoms with van der Waals surface area (Å²) < 4.78 is 3.32. The molecule has 2 aromatic carbocycles. The van der Waals surface area contributed by atoms with Crippen molar-refractivity contribution in [1.82, 2.24) is 14.1 Å². The minimum atomic E-state index is -0.364. The van der Waals surface area contributed by atoms with Gasteiger partial charge in [0.1, 0.15) is 11.2 Å². The molecule has 136 valence electrons. The van der Waals surface area contributed by atoms with E-state index < -0.39 is 0 Å². The first-order chi connectivity index (χ1) is 12.9. The number of pyridine rings is 1. The number of aryl methyl sites for hydroxylation is 1. The summed E-state index contributed by atoms with van der Waals surface area (Å²) in [5, 5.41) is 0.933. The SMILES string of the molecule is CC(C)c1nc2c(c(=O)c3cc(Cl)ccc3n2C)c(=O)n1-c1ccccc1. The van der Waals surface area contributed by atoms with Crippen molar-refractivity contribution >= 4 is 33.5 Å². The van der Waals surface area contributed by atoms with Gasteiger partial charge in [0.15, 0.2) is 5.65 Å². The van der Waals surface area contributed by atoms with E-state index in [1.165, 1.54) is 4.57 Å². The highest BCUT2D eigenvalue weighted by molar-refractivity contribution is 6.31. The predicted octanol–water partition coefficient (Wildman–Crippen LogP) is 4.01. The second-order valence-corrected chi connectivity index (χ2v) is 7.29. The molecule has 0 aliphatic rings. The van der Waals surface area contributed by atoms with Crippen LogP contribution in [0.1, 0.15) is 25.6 Å². The maximum Gasteiger partial charge on any atom is 0.271 e. The van der Waals surface area contributed by atoms with Crippen molar-refractivity contribution in [2.75, 3.05) is 0 Å². The van der Waals surface area contributed by atoms with E-state index >= 15 is 0 Å². The third-order valence-electron chi connectivity index (χ3n) is 4.73. The summed E-state index contributed by atoms with van der Waals surface area (Å²) in [6.07, 6.45) is 0. The highest BCUT2D eigenvalue weighted by atomic mass is 35.5. The van der Waals surface area contributed by atoms with Crippen molar-refractivity contribution in [2.24, 2.45) is 7.05 Å². The number of hydrogen-bond acceptors (Lipinski definition) is 3. The van der Waals surface area contributed by atoms with E-state index in [2.05, 4.69) is 0 Å². The molecule has 5 nitrogen and oxygen atoms in total. The van der Waals surface area contributed by atoms with Crippen LogP contribution in [-0.4, -0.2) is 14.1 Å². The van der Waals surface area contributed by atoms with Crippen LogP contribution in [-0.2, 0) is 7.05 Å². The van der Waals surface area contributed by atoms with E-state index in [4.69, 9.17) is 16.6 Å². The first-order valence-corrected chi connectivity index (χ1v) is 9.08. The molecule has 0 saturated carbocycles. The summed E-state index contributed by atoms with van der Waals surface area (Å²) in [6, 6.07) is 14.4. The number of hydrogen-bond donors (Lipinski definition) is 0. The Morgan fingerprint density at radius 1 is 1.04 bits per heavy atom. The van der Waals surface area contributed by atoms with E-state index in [0.29, 0.717) is 33.1 Å². The van der Waals surface area contributed by atoms with Crippen molar-refractivity contribution in [3.05, 3.63) is 80.0 Å². The Morgan fingerprint density at radius 3 is 2.41 bits per heavy atom. The van der Waals surface area contributed by atoms with E-state index in [1.807, 2.05) is 44.2 Å². The maximum atomic E-state index is 13.4. The molecule has 0 unspecified atom stereocenters. The Morgan fingerprint density at radius 2 is 1.74 bits per heavy atom. The van der Waals surface area contributed by atoms with Crippen molar-refractivity contribution in [2.45, 2.75) is 19.8 Å². The quantitative estimate of drug-likeness (QED) is 0.494. The number of para-hydroxylation sites is 1. The van der Waals surface area contributed by atoms with Crippen LogP contribution in [0, 0.1) is 0 Å². The average Bonchev–Trinajstić information content (AvgIpc) is 2.66. The molecule has 0 atom stereocenters. The summed E-state index contributed by atoms with van der Waals surface area (Å²) >= 11 is 6.08. The van der Waals surface area contributed by atoms with Crippen LogP contribution in [0.15, 0.2) is 58.1 Å². The van der Waals surface area contributed by atoms with Crippen LogP contribution in [0.2, 0.25) is 5.02 Å². The fourth-order valence-corrected chi connectivity index (χ4v) is 3.58. The zero-order valence-corrected chi connectivity index (χ0v) is 16.0. The Labute approximate surface area is 160 Å². The van der Waals surface area contributed by atoms with Crippen molar-refractivity contribution in [3.8, 4) is 5.69 Å². The second kappa shape index (κ2) is 6.35. The van der Waals surface area contributed by atoms with Crippen LogP contribution in [0.5, 0.6) is 0 Å². The summed E-state index contributed by atoms with van der Waals surface area (Å²) in [5.41, 5.74) is 1.05. The molecule has 0 radical (unpaired) electrons. The summed E-state index contributed by atoms with van der Waals surface area (Å²) in [4.78, 5) is 31.3. The van der Waals surface area contributed by atoms with Gasteiger partial charge in [-0.25, -0.2) is 4.98 Å². The van der Waals surface area contributed by atoms with Crippen LogP contribution in [0.4, 0.5) is 0 Å². The molecule has 27 heavy (non-hydrogen) atoms. The molecule has 4 rings (SSSR count). The molecule has 4 aromatic rings. The molecule has 0 aliphatic heterocycles. The fraction of sp³-hybridized carbons (Fsp3) is 0.190. The van der Waals surface area contributed by atoms with E-state index in [0.717, 1.165) is 0 Å². The van der Waals surface area contributed by atoms with Gasteiger partial charge in [-0.15, -0.1) is 0 Å². The summed E-state index contributed by atoms with van der Waals surface area (Å²) in [6.45, 7) is 3.96. The number of rotatable bonds is 2. The van der Waals surface area contributed by atoms with E-state index in [9.17, 15) is 9.59 Å². The molecule has 6 heteroatoms. The molecule has 0 spiro atoms. The first kappa shape index (κ1) is 17.5. The third-order valence-corrected chi connectivity index (χ3v) is 4.97. The third kappa shape index (κ3) is 2.66. The lowest BCUT2D eigenvalue weighted by Gasteiger charge is -2.18. The van der Waals surface area contributed by atoms with Gasteiger partial charge in [-0.1, -0.05) is 43.6 Å². The number of aromatic nitrogens is 3. The van der Waals surface area contributed by atoms with E-state index in [1.54, 1.807) is 29.8 Å². The zero-order valence-electron chi connectivity index (χ0n) is 15.2. The first-order valence-electron chi connectivity index (χ1n) is 8.70. The topological polar surface area (TPSA) is 56.9 Å². The largest absolute Gasteiger partial charge is 0.328 e. The number of nitrogens with zero attached hydrogens (tertiary/aromatic N) is 3.